The van der Waals surface area contributed by atoms with Crippen molar-refractivity contribution < 1.29 is 4.74 Å². The fraction of sp³-hybridized carbons (Fsp3) is 1.00. The van der Waals surface area contributed by atoms with Crippen molar-refractivity contribution in [2.75, 3.05) is 13.2 Å². The first-order valence-corrected chi connectivity index (χ1v) is 6.75. The van der Waals surface area contributed by atoms with E-state index in [0.29, 0.717) is 6.10 Å². The quantitative estimate of drug-likeness (QED) is 0.654. The summed E-state index contributed by atoms with van der Waals surface area (Å²) < 4.78 is 5.84. The van der Waals surface area contributed by atoms with Crippen molar-refractivity contribution in [3.63, 3.8) is 0 Å². The van der Waals surface area contributed by atoms with Crippen LogP contribution < -0.4 is 5.32 Å². The molecule has 0 aliphatic heterocycles. The smallest absolute Gasteiger partial charge is 0.0594 e. The van der Waals surface area contributed by atoms with Crippen molar-refractivity contribution in [3.8, 4) is 0 Å². The Morgan fingerprint density at radius 3 is 2.53 bits per heavy atom. The average Bonchev–Trinajstić information content (AvgIpc) is 2.95. The maximum Gasteiger partial charge on any atom is 0.0594 e. The molecule has 2 fully saturated rings. The Morgan fingerprint density at radius 2 is 1.93 bits per heavy atom. The molecule has 0 aromatic carbocycles. The number of rotatable bonds is 7. The van der Waals surface area contributed by atoms with Crippen LogP contribution in [0.2, 0.25) is 0 Å². The summed E-state index contributed by atoms with van der Waals surface area (Å²) in [4.78, 5) is 0. The van der Waals surface area contributed by atoms with E-state index in [1.807, 2.05) is 0 Å². The van der Waals surface area contributed by atoms with Gasteiger partial charge in [0.2, 0.25) is 0 Å². The summed E-state index contributed by atoms with van der Waals surface area (Å²) in [5.41, 5.74) is 0. The van der Waals surface area contributed by atoms with Crippen LogP contribution in [0, 0.1) is 5.92 Å². The van der Waals surface area contributed by atoms with Gasteiger partial charge in [-0.2, -0.15) is 0 Å². The van der Waals surface area contributed by atoms with Gasteiger partial charge >= 0.3 is 0 Å². The van der Waals surface area contributed by atoms with E-state index >= 15 is 0 Å². The predicted octanol–water partition coefficient (Wildman–Crippen LogP) is 2.72. The summed E-state index contributed by atoms with van der Waals surface area (Å²) >= 11 is 0. The Hall–Kier alpha value is -0.0800. The van der Waals surface area contributed by atoms with Crippen LogP contribution >= 0.6 is 0 Å². The van der Waals surface area contributed by atoms with Crippen molar-refractivity contribution >= 4 is 0 Å². The molecule has 2 heteroatoms. The number of nitrogens with one attached hydrogen (secondary N) is 1. The van der Waals surface area contributed by atoms with Gasteiger partial charge in [0.1, 0.15) is 0 Å². The van der Waals surface area contributed by atoms with Crippen molar-refractivity contribution in [2.24, 2.45) is 5.92 Å². The van der Waals surface area contributed by atoms with Gasteiger partial charge in [-0.25, -0.2) is 0 Å². The zero-order chi connectivity index (χ0) is 10.5. The molecule has 0 aromatic heterocycles. The molecule has 15 heavy (non-hydrogen) atoms. The Bertz CT molecular complexity index is 173. The Morgan fingerprint density at radius 1 is 1.20 bits per heavy atom. The molecule has 1 atom stereocenters. The minimum absolute atomic E-state index is 0.577. The van der Waals surface area contributed by atoms with Crippen LogP contribution in [0.4, 0.5) is 0 Å². The van der Waals surface area contributed by atoms with E-state index in [9.17, 15) is 0 Å². The highest BCUT2D eigenvalue weighted by Gasteiger charge is 2.29. The van der Waals surface area contributed by atoms with Gasteiger partial charge in [0.25, 0.3) is 0 Å². The first-order valence-electron chi connectivity index (χ1n) is 6.75. The first-order chi connectivity index (χ1) is 7.40. The van der Waals surface area contributed by atoms with Crippen molar-refractivity contribution in [1.82, 2.24) is 5.32 Å². The van der Waals surface area contributed by atoms with Crippen LogP contribution in [0.3, 0.4) is 0 Å². The second kappa shape index (κ2) is 5.86. The average molecular weight is 211 g/mol. The van der Waals surface area contributed by atoms with Crippen molar-refractivity contribution in [2.45, 2.75) is 64.0 Å². The highest BCUT2D eigenvalue weighted by Crippen LogP contribution is 2.33. The van der Waals surface area contributed by atoms with Gasteiger partial charge in [0.15, 0.2) is 0 Å². The van der Waals surface area contributed by atoms with E-state index in [4.69, 9.17) is 4.74 Å². The third-order valence-electron chi connectivity index (χ3n) is 3.80. The van der Waals surface area contributed by atoms with Crippen molar-refractivity contribution in [3.05, 3.63) is 0 Å². The van der Waals surface area contributed by atoms with Gasteiger partial charge in [-0.05, 0) is 38.0 Å². The van der Waals surface area contributed by atoms with E-state index in [0.717, 1.165) is 25.1 Å². The monoisotopic (exact) mass is 211 g/mol. The maximum absolute atomic E-state index is 5.84. The molecule has 0 bridgehead atoms. The molecule has 2 rings (SSSR count). The van der Waals surface area contributed by atoms with Gasteiger partial charge in [-0.15, -0.1) is 0 Å². The lowest BCUT2D eigenvalue weighted by Crippen LogP contribution is -2.33. The topological polar surface area (TPSA) is 21.3 Å². The van der Waals surface area contributed by atoms with E-state index in [-0.39, 0.29) is 0 Å². The third kappa shape index (κ3) is 3.76. The van der Waals surface area contributed by atoms with Gasteiger partial charge in [-0.3, -0.25) is 0 Å². The van der Waals surface area contributed by atoms with Crippen molar-refractivity contribution in [1.29, 1.82) is 0 Å². The molecule has 0 spiro atoms. The molecule has 0 saturated heterocycles. The largest absolute Gasteiger partial charge is 0.377 e. The molecule has 0 aromatic rings. The summed E-state index contributed by atoms with van der Waals surface area (Å²) in [7, 11) is 0. The molecule has 2 aliphatic carbocycles. The van der Waals surface area contributed by atoms with Crippen LogP contribution in [0.15, 0.2) is 0 Å². The number of hydrogen-bond acceptors (Lipinski definition) is 2. The Balaban J connectivity index is 1.49. The highest BCUT2D eigenvalue weighted by molar-refractivity contribution is 4.85. The second-order valence-electron chi connectivity index (χ2n) is 5.08. The molecule has 2 saturated carbocycles. The number of ether oxygens (including phenoxy) is 1. The van der Waals surface area contributed by atoms with Crippen LogP contribution in [-0.2, 0) is 4.74 Å². The summed E-state index contributed by atoms with van der Waals surface area (Å²) in [6, 6.07) is 0.761. The van der Waals surface area contributed by atoms with Gasteiger partial charge in [0, 0.05) is 12.6 Å². The Labute approximate surface area is 93.8 Å². The van der Waals surface area contributed by atoms with Gasteiger partial charge in [0.05, 0.1) is 12.7 Å². The summed E-state index contributed by atoms with van der Waals surface area (Å²) in [6.07, 6.45) is 10.1. The summed E-state index contributed by atoms with van der Waals surface area (Å²) in [6.45, 7) is 4.24. The Kier molecular flexibility index (Phi) is 4.45. The maximum atomic E-state index is 5.84. The second-order valence-corrected chi connectivity index (χ2v) is 5.08. The van der Waals surface area contributed by atoms with Gasteiger partial charge < -0.3 is 10.1 Å². The molecule has 2 aliphatic rings. The minimum atomic E-state index is 0.577. The molecule has 0 amide bonds. The van der Waals surface area contributed by atoms with E-state index in [1.54, 1.807) is 0 Å². The standard InChI is InChI=1S/C13H25NO/c1-2-13(11-7-8-11)14-9-10-15-12-5-3-4-6-12/h11-14H,2-10H2,1H3. The summed E-state index contributed by atoms with van der Waals surface area (Å²) in [5.74, 6) is 0.974. The molecular weight excluding hydrogens is 186 g/mol. The zero-order valence-electron chi connectivity index (χ0n) is 10.0. The number of hydrogen-bond donors (Lipinski definition) is 1. The first kappa shape index (κ1) is 11.4. The molecule has 2 nitrogen and oxygen atoms in total. The normalized spacial score (nSPS) is 24.6. The molecule has 1 N–H and O–H groups in total. The van der Waals surface area contributed by atoms with Crippen LogP contribution in [-0.4, -0.2) is 25.3 Å². The third-order valence-corrected chi connectivity index (χ3v) is 3.80. The van der Waals surface area contributed by atoms with Gasteiger partial charge in [-0.1, -0.05) is 19.8 Å². The fourth-order valence-electron chi connectivity index (χ4n) is 2.67. The summed E-state index contributed by atoms with van der Waals surface area (Å²) in [5, 5.41) is 3.63. The lowest BCUT2D eigenvalue weighted by molar-refractivity contribution is 0.0587. The lowest BCUT2D eigenvalue weighted by atomic mass is 10.1. The molecule has 1 unspecified atom stereocenters. The lowest BCUT2D eigenvalue weighted by Gasteiger charge is -2.17. The van der Waals surface area contributed by atoms with Crippen LogP contribution in [0.5, 0.6) is 0 Å². The fourth-order valence-corrected chi connectivity index (χ4v) is 2.67. The molecular formula is C13H25NO. The zero-order valence-corrected chi connectivity index (χ0v) is 10.0. The highest BCUT2D eigenvalue weighted by atomic mass is 16.5. The van der Waals surface area contributed by atoms with E-state index in [2.05, 4.69) is 12.2 Å². The van der Waals surface area contributed by atoms with Crippen LogP contribution in [0.25, 0.3) is 0 Å². The minimum Gasteiger partial charge on any atom is -0.377 e. The predicted molar refractivity (Wildman–Crippen MR) is 63.0 cm³/mol. The SMILES string of the molecule is CCC(NCCOC1CCCC1)C1CC1. The van der Waals surface area contributed by atoms with E-state index in [1.165, 1.54) is 44.9 Å². The molecule has 0 radical (unpaired) electrons. The van der Waals surface area contributed by atoms with Crippen LogP contribution in [0.1, 0.15) is 51.9 Å². The molecule has 0 heterocycles. The molecule has 88 valence electrons. The van der Waals surface area contributed by atoms with E-state index < -0.39 is 0 Å².